The van der Waals surface area contributed by atoms with E-state index < -0.39 is 74.8 Å². The van der Waals surface area contributed by atoms with Gasteiger partial charge in [-0.3, -0.25) is 28.0 Å². The number of nitrogens with two attached hydrogens (primary N) is 2. The van der Waals surface area contributed by atoms with E-state index in [0.717, 1.165) is 28.1 Å². The summed E-state index contributed by atoms with van der Waals surface area (Å²) in [6.07, 6.45) is -3.79. The zero-order valence-corrected chi connectivity index (χ0v) is 22.9. The molecule has 1 unspecified atom stereocenters. The number of aromatic amines is 1. The molecule has 226 valence electrons. The quantitative estimate of drug-likeness (QED) is 0.100. The SMILES string of the molecule is Nc1nc2c(ncn2[C@@]2(OP(=O)(S)OC[C@H]3OC[C@@](F)(n4cnc5c(N)ncnc54)[C@@H]3O)CO[C@H](CO)[C@H]2F)c(=O)[nH]1. The van der Waals surface area contributed by atoms with Gasteiger partial charge >= 0.3 is 6.80 Å². The second kappa shape index (κ2) is 10.2. The van der Waals surface area contributed by atoms with E-state index in [0.29, 0.717) is 0 Å². The molecule has 22 heteroatoms. The Morgan fingerprint density at radius 2 is 1.86 bits per heavy atom. The van der Waals surface area contributed by atoms with Crippen LogP contribution in [-0.2, 0) is 34.6 Å². The summed E-state index contributed by atoms with van der Waals surface area (Å²) in [6, 6.07) is 0. The largest absolute Gasteiger partial charge is 0.394 e. The van der Waals surface area contributed by atoms with Gasteiger partial charge in [0.1, 0.15) is 36.8 Å². The molecule has 6 rings (SSSR count). The van der Waals surface area contributed by atoms with E-state index in [9.17, 15) is 19.6 Å². The van der Waals surface area contributed by atoms with Gasteiger partial charge in [-0.15, -0.1) is 0 Å². The number of aliphatic hydroxyl groups excluding tert-OH is 2. The number of alkyl halides is 2. The Balaban J connectivity index is 1.25. The Morgan fingerprint density at radius 1 is 1.14 bits per heavy atom. The highest BCUT2D eigenvalue weighted by Gasteiger charge is 2.58. The van der Waals surface area contributed by atoms with Crippen LogP contribution in [0.4, 0.5) is 20.5 Å². The van der Waals surface area contributed by atoms with E-state index in [-0.39, 0.29) is 34.1 Å². The minimum absolute atomic E-state index is 0.00334. The van der Waals surface area contributed by atoms with Gasteiger partial charge in [0.05, 0.1) is 32.5 Å². The zero-order chi connectivity index (χ0) is 30.0. The standard InChI is InChI=1S/C20H23F2N10O8PS/c21-12-8(1-33)38-4-20(12,32-7-28-11-16(32)29-18(24)30-17(11)35)40-41(36,42)39-2-9-13(34)19(22,3-37-9)31-6-27-10-14(23)25-5-26-15(10)31/h5-9,12-13,33-34H,1-4H2,(H,36,42)(H2,23,25,26)(H3,24,29,30,35)/t8-,9-,12-,13-,19-,20-,41?/m1/s1. The molecule has 6 heterocycles. The third-order valence-electron chi connectivity index (χ3n) is 7.02. The van der Waals surface area contributed by atoms with Crippen LogP contribution in [0.15, 0.2) is 23.8 Å². The van der Waals surface area contributed by atoms with Crippen LogP contribution in [0.25, 0.3) is 22.3 Å². The van der Waals surface area contributed by atoms with Crippen LogP contribution in [0.2, 0.25) is 0 Å². The summed E-state index contributed by atoms with van der Waals surface area (Å²) in [5.41, 5.74) is 7.89. The van der Waals surface area contributed by atoms with Gasteiger partial charge in [0, 0.05) is 0 Å². The van der Waals surface area contributed by atoms with Crippen LogP contribution in [-0.4, -0.2) is 100 Å². The lowest BCUT2D eigenvalue weighted by Crippen LogP contribution is -2.46. The Kier molecular flexibility index (Phi) is 6.97. The highest BCUT2D eigenvalue weighted by molar-refractivity contribution is 8.44. The molecule has 4 aromatic rings. The molecule has 2 saturated heterocycles. The topological polar surface area (TPSA) is 254 Å². The molecule has 0 radical (unpaired) electrons. The van der Waals surface area contributed by atoms with Crippen molar-refractivity contribution in [1.82, 2.24) is 39.0 Å². The fraction of sp³-hybridized carbons (Fsp3) is 0.500. The molecule has 0 aromatic carbocycles. The first-order valence-corrected chi connectivity index (χ1v) is 14.8. The molecule has 4 aromatic heterocycles. The van der Waals surface area contributed by atoms with Crippen molar-refractivity contribution in [2.75, 3.05) is 37.9 Å². The number of rotatable bonds is 8. The van der Waals surface area contributed by atoms with Crippen LogP contribution in [0.3, 0.4) is 0 Å². The normalized spacial score (nSPS) is 31.3. The van der Waals surface area contributed by atoms with E-state index >= 15 is 8.78 Å². The maximum atomic E-state index is 16.1. The number of ether oxygens (including phenoxy) is 2. The Bertz CT molecular complexity index is 1780. The number of H-pyrrole nitrogens is 1. The predicted octanol–water partition coefficient (Wildman–Crippen LogP) is -1.04. The molecule has 18 nitrogen and oxygen atoms in total. The lowest BCUT2D eigenvalue weighted by Gasteiger charge is -2.33. The molecular weight excluding hydrogens is 609 g/mol. The average molecular weight is 633 g/mol. The first-order chi connectivity index (χ1) is 19.9. The van der Waals surface area contributed by atoms with E-state index in [1.54, 1.807) is 0 Å². The third-order valence-corrected chi connectivity index (χ3v) is 8.63. The second-order valence-electron chi connectivity index (χ2n) is 9.53. The predicted molar refractivity (Wildman–Crippen MR) is 140 cm³/mol. The van der Waals surface area contributed by atoms with Gasteiger partial charge in [-0.25, -0.2) is 33.3 Å². The van der Waals surface area contributed by atoms with Crippen molar-refractivity contribution in [3.63, 3.8) is 0 Å². The Labute approximate surface area is 237 Å². The number of nitrogen functional groups attached to an aromatic ring is 2. The van der Waals surface area contributed by atoms with E-state index in [4.69, 9.17) is 30.0 Å². The Hall–Kier alpha value is -3.30. The van der Waals surface area contributed by atoms with Crippen molar-refractivity contribution in [1.29, 1.82) is 0 Å². The first-order valence-electron chi connectivity index (χ1n) is 12.1. The first kappa shape index (κ1) is 28.8. The number of fused-ring (bicyclic) bond motifs is 2. The third kappa shape index (κ3) is 4.43. The van der Waals surface area contributed by atoms with Crippen molar-refractivity contribution in [3.8, 4) is 0 Å². The number of hydrogen-bond acceptors (Lipinski definition) is 15. The molecule has 0 amide bonds. The van der Waals surface area contributed by atoms with Gasteiger partial charge in [0.2, 0.25) is 17.5 Å². The maximum absolute atomic E-state index is 16.1. The minimum atomic E-state index is -4.62. The fourth-order valence-electron chi connectivity index (χ4n) is 4.91. The smallest absolute Gasteiger partial charge is 0.388 e. The molecule has 0 bridgehead atoms. The number of nitrogens with one attached hydrogen (secondary N) is 1. The number of halogens is 2. The molecule has 2 aliphatic rings. The van der Waals surface area contributed by atoms with Gasteiger partial charge in [-0.1, -0.05) is 12.2 Å². The fourth-order valence-corrected chi connectivity index (χ4v) is 6.56. The number of aliphatic hydroxyl groups is 2. The molecule has 7 N–H and O–H groups in total. The Morgan fingerprint density at radius 3 is 2.60 bits per heavy atom. The molecule has 0 aliphatic carbocycles. The summed E-state index contributed by atoms with van der Waals surface area (Å²) in [4.78, 5) is 34.2. The van der Waals surface area contributed by atoms with Gasteiger partial charge in [-0.2, -0.15) is 4.98 Å². The summed E-state index contributed by atoms with van der Waals surface area (Å²) in [6.45, 7) is -7.47. The molecule has 7 atom stereocenters. The van der Waals surface area contributed by atoms with Gasteiger partial charge in [0.15, 0.2) is 28.8 Å². The lowest BCUT2D eigenvalue weighted by atomic mass is 10.1. The van der Waals surface area contributed by atoms with Crippen molar-refractivity contribution in [3.05, 3.63) is 29.3 Å². The van der Waals surface area contributed by atoms with Crippen molar-refractivity contribution >= 4 is 53.1 Å². The molecule has 42 heavy (non-hydrogen) atoms. The summed E-state index contributed by atoms with van der Waals surface area (Å²) in [5, 5.41) is 20.4. The van der Waals surface area contributed by atoms with Crippen LogP contribution in [0, 0.1) is 0 Å². The van der Waals surface area contributed by atoms with Crippen molar-refractivity contribution in [2.24, 2.45) is 0 Å². The number of imidazole rings is 2. The van der Waals surface area contributed by atoms with Crippen LogP contribution >= 0.6 is 19.0 Å². The summed E-state index contributed by atoms with van der Waals surface area (Å²) in [7, 11) is 0. The lowest BCUT2D eigenvalue weighted by molar-refractivity contribution is -0.0687. The molecular formula is C20H23F2N10O8PS. The molecule has 2 fully saturated rings. The van der Waals surface area contributed by atoms with Gasteiger partial charge < -0.3 is 31.2 Å². The summed E-state index contributed by atoms with van der Waals surface area (Å²) >= 11 is 3.95. The van der Waals surface area contributed by atoms with Crippen LogP contribution < -0.4 is 17.0 Å². The number of nitrogens with zero attached hydrogens (tertiary/aromatic N) is 7. The number of anilines is 2. The van der Waals surface area contributed by atoms with Gasteiger partial charge in [-0.05, 0) is 0 Å². The van der Waals surface area contributed by atoms with Crippen LogP contribution in [0.1, 0.15) is 0 Å². The summed E-state index contributed by atoms with van der Waals surface area (Å²) in [5.74, 6) is -2.92. The number of aromatic nitrogens is 8. The maximum Gasteiger partial charge on any atom is 0.388 e. The van der Waals surface area contributed by atoms with Crippen molar-refractivity contribution < 1.29 is 42.1 Å². The molecule has 2 aliphatic heterocycles. The van der Waals surface area contributed by atoms with E-state index in [1.165, 1.54) is 0 Å². The monoisotopic (exact) mass is 632 g/mol. The highest BCUT2D eigenvalue weighted by Crippen LogP contribution is 2.59. The van der Waals surface area contributed by atoms with E-state index in [1.807, 2.05) is 0 Å². The van der Waals surface area contributed by atoms with Crippen LogP contribution in [0.5, 0.6) is 0 Å². The molecule has 0 saturated carbocycles. The summed E-state index contributed by atoms with van der Waals surface area (Å²) < 4.78 is 68.8. The number of hydrogen-bond donors (Lipinski definition) is 6. The number of thiol groups is 1. The van der Waals surface area contributed by atoms with E-state index in [2.05, 4.69) is 42.2 Å². The zero-order valence-electron chi connectivity index (χ0n) is 21.1. The molecule has 0 spiro atoms. The average Bonchev–Trinajstić information content (AvgIpc) is 3.70. The van der Waals surface area contributed by atoms with Crippen molar-refractivity contribution in [2.45, 2.75) is 36.0 Å². The van der Waals surface area contributed by atoms with Gasteiger partial charge in [0.25, 0.3) is 5.56 Å². The second-order valence-corrected chi connectivity index (χ2v) is 12.4. The highest BCUT2D eigenvalue weighted by atomic mass is 32.7. The minimum Gasteiger partial charge on any atom is -0.394 e.